The average molecular weight is 1100 g/mol. The minimum absolute atomic E-state index is 0. The Labute approximate surface area is 406 Å². The van der Waals surface area contributed by atoms with Crippen molar-refractivity contribution >= 4 is 61.5 Å². The Hall–Kier alpha value is -5.66. The minimum atomic E-state index is -1.92. The van der Waals surface area contributed by atoms with Crippen molar-refractivity contribution in [1.82, 2.24) is 19.5 Å². The summed E-state index contributed by atoms with van der Waals surface area (Å²) in [5.41, 5.74) is 15.0. The maximum Gasteiger partial charge on any atom is 0.216 e. The topological polar surface area (TPSA) is 56.7 Å². The second-order valence-corrected chi connectivity index (χ2v) is 30.0. The molecule has 0 fully saturated rings. The molecule has 0 saturated heterocycles. The molecule has 10 aromatic rings. The molecule has 4 aromatic heterocycles. The molecule has 7 heteroatoms. The van der Waals surface area contributed by atoms with Crippen LogP contribution < -0.4 is 4.40 Å². The normalized spacial score (nSPS) is 11.8. The zero-order valence-corrected chi connectivity index (χ0v) is 44.2. The van der Waals surface area contributed by atoms with Crippen LogP contribution in [-0.2, 0) is 26.5 Å². The van der Waals surface area contributed by atoms with Gasteiger partial charge in [-0.3, -0.25) is 4.98 Å². The summed E-state index contributed by atoms with van der Waals surface area (Å²) in [6, 6.07) is 53.8. The van der Waals surface area contributed by atoms with E-state index in [9.17, 15) is 0 Å². The first-order chi connectivity index (χ1) is 31.3. The third-order valence-corrected chi connectivity index (χ3v) is 16.7. The summed E-state index contributed by atoms with van der Waals surface area (Å²) in [6.45, 7) is 15.7. The van der Waals surface area contributed by atoms with Crippen molar-refractivity contribution in [2.75, 3.05) is 0 Å². The number of hydrogen-bond donors (Lipinski definition) is 0. The van der Waals surface area contributed by atoms with Gasteiger partial charge in [0, 0.05) is 36.9 Å². The van der Waals surface area contributed by atoms with Gasteiger partial charge >= 0.3 is 148 Å². The second kappa shape index (κ2) is 19.3. The number of benzene rings is 6. The SMILES string of the molecule is CC(C)Cc1cc(-c2[c-]ccc3ccccc23)nc[c]1[Ge]([CH3])([CH3])[CH3].Cc1ccc2c(n1)oc1c(-c3nc4ccccc4n3-c3c(C(C)C)cc(-c4ccccc4)cc3C(C)C)[c-]ccc12.[Ir]. The largest absolute Gasteiger partial charge is 0.486 e. The summed E-state index contributed by atoms with van der Waals surface area (Å²) in [7, 11) is 0. The molecule has 1 radical (unpaired) electrons. The number of para-hydroxylation sites is 2. The molecule has 0 aliphatic carbocycles. The average Bonchev–Trinajstić information content (AvgIpc) is 3.86. The van der Waals surface area contributed by atoms with E-state index in [1.807, 2.05) is 31.2 Å². The first-order valence-corrected chi connectivity index (χ1v) is 30.4. The number of rotatable bonds is 9. The standard InChI is InChI=1S/C37H32N3O.C22H26GeN.Ir/c1-22(2)30-20-26(25-12-7-6-8-13-25)21-31(23(3)4)34(30)40-33-17-10-9-16-32(33)39-36(40)29-15-11-14-27-28-19-18-24(5)38-37(28)41-35(27)29;1-16(2)13-18-14-22(24-15-21(18)23(3,4)5)20-12-8-10-17-9-6-7-11-19(17)20;/h6-14,16-23H,1-5H3;6-11,14-16H,13H2,1-5H3;/q2*-1;. The van der Waals surface area contributed by atoms with Gasteiger partial charge in [-0.15, -0.1) is 18.2 Å². The number of pyridine rings is 2. The molecule has 66 heavy (non-hydrogen) atoms. The number of hydrogen-bond acceptors (Lipinski definition) is 4. The minimum Gasteiger partial charge on any atom is -0.486 e. The molecule has 0 spiro atoms. The molecule has 4 heterocycles. The van der Waals surface area contributed by atoms with Gasteiger partial charge in [0.1, 0.15) is 0 Å². The first kappa shape index (κ1) is 46.9. The molecule has 335 valence electrons. The van der Waals surface area contributed by atoms with Crippen LogP contribution in [0.25, 0.3) is 83.3 Å². The molecule has 0 saturated carbocycles. The Morgan fingerprint density at radius 1 is 0.652 bits per heavy atom. The Kier molecular flexibility index (Phi) is 13.7. The third-order valence-electron chi connectivity index (χ3n) is 12.4. The summed E-state index contributed by atoms with van der Waals surface area (Å²) in [6.07, 6.45) is 3.28. The fourth-order valence-corrected chi connectivity index (χ4v) is 12.5. The van der Waals surface area contributed by atoms with Crippen molar-refractivity contribution in [3.05, 3.63) is 174 Å². The van der Waals surface area contributed by atoms with Crippen molar-refractivity contribution in [3.8, 4) is 39.5 Å². The van der Waals surface area contributed by atoms with Gasteiger partial charge in [0.25, 0.3) is 0 Å². The van der Waals surface area contributed by atoms with Crippen molar-refractivity contribution in [1.29, 1.82) is 0 Å². The number of aryl methyl sites for hydroxylation is 1. The van der Waals surface area contributed by atoms with Crippen LogP contribution in [0.2, 0.25) is 17.3 Å². The van der Waals surface area contributed by atoms with E-state index in [-0.39, 0.29) is 20.1 Å². The summed E-state index contributed by atoms with van der Waals surface area (Å²) in [4.78, 5) is 14.8. The van der Waals surface area contributed by atoms with Crippen molar-refractivity contribution in [3.63, 3.8) is 0 Å². The molecule has 0 N–H and O–H groups in total. The van der Waals surface area contributed by atoms with Crippen molar-refractivity contribution in [2.45, 2.75) is 84.0 Å². The van der Waals surface area contributed by atoms with Gasteiger partial charge in [-0.25, -0.2) is 4.98 Å². The van der Waals surface area contributed by atoms with E-state index in [2.05, 4.69) is 196 Å². The fraction of sp³-hybridized carbons (Fsp3) is 0.237. The van der Waals surface area contributed by atoms with Crippen LogP contribution in [0, 0.1) is 25.0 Å². The molecule has 0 aliphatic heterocycles. The van der Waals surface area contributed by atoms with Crippen LogP contribution in [0.5, 0.6) is 0 Å². The Bertz CT molecular complexity index is 3300. The molecule has 10 rings (SSSR count). The molecule has 6 aromatic carbocycles. The maximum atomic E-state index is 6.44. The summed E-state index contributed by atoms with van der Waals surface area (Å²) < 4.78 is 10.3. The first-order valence-electron chi connectivity index (χ1n) is 23.1. The summed E-state index contributed by atoms with van der Waals surface area (Å²) >= 11 is -1.92. The molecule has 0 amide bonds. The van der Waals surface area contributed by atoms with Gasteiger partial charge in [0.2, 0.25) is 5.71 Å². The van der Waals surface area contributed by atoms with Gasteiger partial charge in [0.05, 0.1) is 22.4 Å². The van der Waals surface area contributed by atoms with E-state index < -0.39 is 13.3 Å². The number of imidazole rings is 1. The van der Waals surface area contributed by atoms with Gasteiger partial charge in [-0.2, -0.15) is 0 Å². The van der Waals surface area contributed by atoms with Crippen molar-refractivity contribution in [2.24, 2.45) is 5.92 Å². The molecule has 0 unspecified atom stereocenters. The predicted molar refractivity (Wildman–Crippen MR) is 276 cm³/mol. The van der Waals surface area contributed by atoms with Crippen LogP contribution in [0.4, 0.5) is 0 Å². The third kappa shape index (κ3) is 9.21. The quantitative estimate of drug-likeness (QED) is 0.107. The Balaban J connectivity index is 0.000000203. The zero-order valence-electron chi connectivity index (χ0n) is 39.7. The number of aromatic nitrogens is 4. The smallest absolute Gasteiger partial charge is 0.216 e. The van der Waals surface area contributed by atoms with Crippen LogP contribution in [0.3, 0.4) is 0 Å². The van der Waals surface area contributed by atoms with Crippen LogP contribution >= 0.6 is 0 Å². The Morgan fingerprint density at radius 2 is 1.32 bits per heavy atom. The van der Waals surface area contributed by atoms with Crippen LogP contribution in [0.1, 0.15) is 75.8 Å². The van der Waals surface area contributed by atoms with E-state index in [1.54, 1.807) is 0 Å². The zero-order chi connectivity index (χ0) is 45.6. The van der Waals surface area contributed by atoms with Crippen LogP contribution in [0.15, 0.2) is 144 Å². The van der Waals surface area contributed by atoms with Gasteiger partial charge in [-0.1, -0.05) is 81.1 Å². The van der Waals surface area contributed by atoms with Crippen LogP contribution in [-0.4, -0.2) is 32.8 Å². The summed E-state index contributed by atoms with van der Waals surface area (Å²) in [5, 5.41) is 4.50. The van der Waals surface area contributed by atoms with E-state index in [0.717, 1.165) is 62.1 Å². The number of nitrogens with zero attached hydrogens (tertiary/aromatic N) is 4. The van der Waals surface area contributed by atoms with E-state index >= 15 is 0 Å². The van der Waals surface area contributed by atoms with Gasteiger partial charge in [-0.05, 0) is 77.4 Å². The monoisotopic (exact) mass is 1110 g/mol. The Morgan fingerprint density at radius 3 is 2.03 bits per heavy atom. The summed E-state index contributed by atoms with van der Waals surface area (Å²) in [5.74, 6) is 9.40. The number of furan rings is 1. The van der Waals surface area contributed by atoms with E-state index in [0.29, 0.717) is 23.5 Å². The molecule has 0 atom stereocenters. The van der Waals surface area contributed by atoms with Gasteiger partial charge in [0.15, 0.2) is 0 Å². The van der Waals surface area contributed by atoms with E-state index in [1.165, 1.54) is 48.7 Å². The molecular formula is C59H58GeIrN4O-2. The molecular weight excluding hydrogens is 1050 g/mol. The van der Waals surface area contributed by atoms with Crippen molar-refractivity contribution < 1.29 is 24.5 Å². The van der Waals surface area contributed by atoms with E-state index in [4.69, 9.17) is 14.4 Å². The molecule has 5 nitrogen and oxygen atoms in total. The molecule has 0 aliphatic rings. The predicted octanol–water partition coefficient (Wildman–Crippen LogP) is 15.5. The fourth-order valence-electron chi connectivity index (χ4n) is 9.21. The second-order valence-electron chi connectivity index (χ2n) is 19.5. The van der Waals surface area contributed by atoms with Gasteiger partial charge < -0.3 is 8.98 Å². The maximum absolute atomic E-state index is 6.44. The number of fused-ring (bicyclic) bond motifs is 5. The molecule has 0 bridgehead atoms.